The van der Waals surface area contributed by atoms with Crippen LogP contribution in [0, 0.1) is 0 Å². The average molecular weight is 146 g/mol. The quantitative estimate of drug-likeness (QED) is 0.437. The zero-order valence-electron chi connectivity index (χ0n) is 5.43. The van der Waals surface area contributed by atoms with Crippen molar-refractivity contribution in [3.05, 3.63) is 0 Å². The Morgan fingerprint density at radius 1 is 0.900 bits per heavy atom. The second kappa shape index (κ2) is 2.17. The Morgan fingerprint density at radius 3 is 1.70 bits per heavy atom. The third-order valence-corrected chi connectivity index (χ3v) is 2.00. The van der Waals surface area contributed by atoms with E-state index in [4.69, 9.17) is 19.7 Å². The van der Waals surface area contributed by atoms with Crippen LogP contribution in [0.3, 0.4) is 0 Å². The second-order valence-electron chi connectivity index (χ2n) is 2.73. The summed E-state index contributed by atoms with van der Waals surface area (Å²) in [6, 6.07) is 0. The molecule has 0 aliphatic carbocycles. The molecule has 2 fully saturated rings. The summed E-state index contributed by atoms with van der Waals surface area (Å²) in [5.74, 6) is 0. The van der Waals surface area contributed by atoms with Crippen LogP contribution >= 0.6 is 0 Å². The van der Waals surface area contributed by atoms with Crippen LogP contribution in [0.1, 0.15) is 0 Å². The van der Waals surface area contributed by atoms with Crippen LogP contribution in [-0.2, 0) is 9.47 Å². The highest BCUT2D eigenvalue weighted by atomic mass is 16.6. The summed E-state index contributed by atoms with van der Waals surface area (Å²) >= 11 is 0. The Labute approximate surface area is 58.4 Å². The van der Waals surface area contributed by atoms with Crippen molar-refractivity contribution in [2.45, 2.75) is 24.4 Å². The summed E-state index contributed by atoms with van der Waals surface area (Å²) < 4.78 is 10.2. The van der Waals surface area contributed by atoms with Crippen LogP contribution in [0.25, 0.3) is 0 Å². The maximum absolute atomic E-state index is 9.16. The lowest BCUT2D eigenvalue weighted by atomic mass is 10.1. The van der Waals surface area contributed by atoms with E-state index >= 15 is 0 Å². The monoisotopic (exact) mass is 146 g/mol. The summed E-state index contributed by atoms with van der Waals surface area (Å²) in [5, 5.41) is 18.3. The predicted octanol–water partition coefficient (Wildman–Crippen LogP) is -1.49. The minimum atomic E-state index is -0.554. The van der Waals surface area contributed by atoms with Gasteiger partial charge in [0.05, 0.1) is 13.2 Å². The molecule has 0 spiro atoms. The minimum absolute atomic E-state index is 0.284. The van der Waals surface area contributed by atoms with Crippen molar-refractivity contribution in [2.75, 3.05) is 13.2 Å². The zero-order valence-corrected chi connectivity index (χ0v) is 5.43. The van der Waals surface area contributed by atoms with Gasteiger partial charge in [0, 0.05) is 0 Å². The molecule has 2 saturated heterocycles. The van der Waals surface area contributed by atoms with Crippen LogP contribution < -0.4 is 0 Å². The van der Waals surface area contributed by atoms with Gasteiger partial charge in [0.15, 0.2) is 0 Å². The average Bonchev–Trinajstić information content (AvgIpc) is 2.41. The minimum Gasteiger partial charge on any atom is -0.388 e. The fourth-order valence-electron chi connectivity index (χ4n) is 1.46. The molecule has 58 valence electrons. The molecule has 0 radical (unpaired) electrons. The number of aliphatic hydroxyl groups is 2. The third kappa shape index (κ3) is 0.769. The topological polar surface area (TPSA) is 58.9 Å². The van der Waals surface area contributed by atoms with Gasteiger partial charge < -0.3 is 19.7 Å². The standard InChI is InChI=1S/C6H10O4/c7-3-1-9-6-4(8)2-10-5(3)6/h3-8H,1-2H2/t3-,4+,5-,6+. The second-order valence-corrected chi connectivity index (χ2v) is 2.73. The molecule has 2 N–H and O–H groups in total. The largest absolute Gasteiger partial charge is 0.388 e. The van der Waals surface area contributed by atoms with E-state index in [2.05, 4.69) is 0 Å². The number of aliphatic hydroxyl groups excluding tert-OH is 2. The van der Waals surface area contributed by atoms with Gasteiger partial charge in [-0.2, -0.15) is 0 Å². The molecule has 0 unspecified atom stereocenters. The molecular weight excluding hydrogens is 136 g/mol. The van der Waals surface area contributed by atoms with Crippen molar-refractivity contribution in [1.82, 2.24) is 0 Å². The first-order chi connectivity index (χ1) is 4.79. The van der Waals surface area contributed by atoms with Crippen molar-refractivity contribution in [2.24, 2.45) is 0 Å². The molecule has 2 heterocycles. The molecule has 10 heavy (non-hydrogen) atoms. The Bertz CT molecular complexity index is 122. The fraction of sp³-hybridized carbons (Fsp3) is 1.00. The van der Waals surface area contributed by atoms with Crippen molar-refractivity contribution in [3.63, 3.8) is 0 Å². The summed E-state index contributed by atoms with van der Waals surface area (Å²) in [5.41, 5.74) is 0. The van der Waals surface area contributed by atoms with E-state index in [-0.39, 0.29) is 25.4 Å². The smallest absolute Gasteiger partial charge is 0.114 e. The molecule has 0 aromatic carbocycles. The Kier molecular flexibility index (Phi) is 1.42. The number of hydrogen-bond acceptors (Lipinski definition) is 4. The van der Waals surface area contributed by atoms with Gasteiger partial charge in [0.25, 0.3) is 0 Å². The van der Waals surface area contributed by atoms with Gasteiger partial charge in [0.2, 0.25) is 0 Å². The first-order valence-corrected chi connectivity index (χ1v) is 3.38. The van der Waals surface area contributed by atoms with E-state index in [0.717, 1.165) is 0 Å². The van der Waals surface area contributed by atoms with Gasteiger partial charge in [-0.1, -0.05) is 0 Å². The van der Waals surface area contributed by atoms with Crippen LogP contribution in [0.4, 0.5) is 0 Å². The molecule has 4 nitrogen and oxygen atoms in total. The van der Waals surface area contributed by atoms with E-state index in [0.29, 0.717) is 0 Å². The number of ether oxygens (including phenoxy) is 2. The van der Waals surface area contributed by atoms with E-state index in [1.54, 1.807) is 0 Å². The van der Waals surface area contributed by atoms with Gasteiger partial charge in [0.1, 0.15) is 24.4 Å². The van der Waals surface area contributed by atoms with Gasteiger partial charge >= 0.3 is 0 Å². The Hall–Kier alpha value is -0.160. The van der Waals surface area contributed by atoms with Gasteiger partial charge in [-0.05, 0) is 0 Å². The van der Waals surface area contributed by atoms with Gasteiger partial charge in [-0.3, -0.25) is 0 Å². The lowest BCUT2D eigenvalue weighted by Gasteiger charge is -2.09. The summed E-state index contributed by atoms with van der Waals surface area (Å²) in [4.78, 5) is 0. The summed E-state index contributed by atoms with van der Waals surface area (Å²) in [7, 11) is 0. The molecule has 4 heteroatoms. The van der Waals surface area contributed by atoms with E-state index in [9.17, 15) is 0 Å². The molecule has 0 aromatic heterocycles. The van der Waals surface area contributed by atoms with Crippen LogP contribution in [0.15, 0.2) is 0 Å². The molecule has 0 bridgehead atoms. The normalized spacial score (nSPS) is 53.4. The predicted molar refractivity (Wildman–Crippen MR) is 31.5 cm³/mol. The molecule has 2 rings (SSSR count). The Balaban J connectivity index is 2.09. The molecule has 2 aliphatic heterocycles. The lowest BCUT2D eigenvalue weighted by Crippen LogP contribution is -2.30. The highest BCUT2D eigenvalue weighted by Gasteiger charge is 2.46. The third-order valence-electron chi connectivity index (χ3n) is 2.00. The van der Waals surface area contributed by atoms with Gasteiger partial charge in [-0.15, -0.1) is 0 Å². The Morgan fingerprint density at radius 2 is 1.30 bits per heavy atom. The molecule has 0 amide bonds. The lowest BCUT2D eigenvalue weighted by molar-refractivity contribution is 0.00205. The SMILES string of the molecule is O[C@@H]1CO[C@@H]2[C@@H]1OC[C@@H]2O. The molecule has 2 aliphatic rings. The molecule has 0 aromatic rings. The highest BCUT2D eigenvalue weighted by molar-refractivity contribution is 4.93. The van der Waals surface area contributed by atoms with Crippen molar-refractivity contribution in [1.29, 1.82) is 0 Å². The van der Waals surface area contributed by atoms with Crippen LogP contribution in [0.2, 0.25) is 0 Å². The van der Waals surface area contributed by atoms with Crippen molar-refractivity contribution in [3.8, 4) is 0 Å². The summed E-state index contributed by atoms with van der Waals surface area (Å²) in [6.07, 6.45) is -1.70. The molecule has 4 atom stereocenters. The van der Waals surface area contributed by atoms with Crippen LogP contribution in [-0.4, -0.2) is 47.8 Å². The van der Waals surface area contributed by atoms with E-state index < -0.39 is 12.2 Å². The number of hydrogen-bond donors (Lipinski definition) is 2. The van der Waals surface area contributed by atoms with E-state index in [1.165, 1.54) is 0 Å². The fourth-order valence-corrected chi connectivity index (χ4v) is 1.46. The molecule has 0 saturated carbocycles. The highest BCUT2D eigenvalue weighted by Crippen LogP contribution is 2.26. The van der Waals surface area contributed by atoms with Gasteiger partial charge in [-0.25, -0.2) is 0 Å². The van der Waals surface area contributed by atoms with Crippen LogP contribution in [0.5, 0.6) is 0 Å². The number of fused-ring (bicyclic) bond motifs is 1. The van der Waals surface area contributed by atoms with Crippen molar-refractivity contribution >= 4 is 0 Å². The first-order valence-electron chi connectivity index (χ1n) is 3.38. The maximum atomic E-state index is 9.16. The van der Waals surface area contributed by atoms with E-state index in [1.807, 2.05) is 0 Å². The van der Waals surface area contributed by atoms with Crippen molar-refractivity contribution < 1.29 is 19.7 Å². The summed E-state index contributed by atoms with van der Waals surface area (Å²) in [6.45, 7) is 0.568. The maximum Gasteiger partial charge on any atom is 0.114 e. The zero-order chi connectivity index (χ0) is 7.14. The first kappa shape index (κ1) is 6.54. The molecular formula is C6H10O4. The number of rotatable bonds is 0.